The van der Waals surface area contributed by atoms with Gasteiger partial charge in [-0.05, 0) is 52.9 Å². The minimum Gasteiger partial charge on any atom is -0.323 e. The van der Waals surface area contributed by atoms with Crippen molar-refractivity contribution in [3.05, 3.63) is 65.2 Å². The third-order valence-electron chi connectivity index (χ3n) is 3.74. The molecule has 146 valence electrons. The van der Waals surface area contributed by atoms with Gasteiger partial charge in [0.1, 0.15) is 12.7 Å². The highest BCUT2D eigenvalue weighted by atomic mass is 35.5. The van der Waals surface area contributed by atoms with Crippen molar-refractivity contribution < 1.29 is 4.79 Å². The van der Waals surface area contributed by atoms with Gasteiger partial charge in [0, 0.05) is 10.0 Å². The number of hydrogen-bond donors (Lipinski definition) is 1. The average Bonchev–Trinajstić information content (AvgIpc) is 3.39. The standard InChI is InChI=1S/C17H12Cl2N8OS/c18-11-1-4-13(5-2-11)27-17(23-24-25-27)29-8-16(28)22-14-7-12(19)3-6-15(14)26-10-20-9-21-26/h1-7,9-10H,8H2,(H,22,28). The second-order valence-electron chi connectivity index (χ2n) is 5.69. The molecule has 0 spiro atoms. The van der Waals surface area contributed by atoms with Crippen molar-refractivity contribution in [1.29, 1.82) is 0 Å². The number of carbonyl (C=O) groups is 1. The van der Waals surface area contributed by atoms with E-state index in [4.69, 9.17) is 23.2 Å². The molecule has 0 aliphatic heterocycles. The molecule has 0 saturated heterocycles. The molecule has 0 atom stereocenters. The summed E-state index contributed by atoms with van der Waals surface area (Å²) < 4.78 is 3.08. The van der Waals surface area contributed by atoms with Gasteiger partial charge >= 0.3 is 0 Å². The molecule has 0 saturated carbocycles. The first-order chi connectivity index (χ1) is 14.1. The highest BCUT2D eigenvalue weighted by molar-refractivity contribution is 7.99. The molecule has 0 unspecified atom stereocenters. The molecule has 2 aromatic carbocycles. The van der Waals surface area contributed by atoms with Crippen molar-refractivity contribution in [1.82, 2.24) is 35.0 Å². The van der Waals surface area contributed by atoms with E-state index in [1.807, 2.05) is 0 Å². The molecule has 0 fully saturated rings. The fourth-order valence-corrected chi connectivity index (χ4v) is 3.46. The summed E-state index contributed by atoms with van der Waals surface area (Å²) in [5.74, 6) is -0.152. The lowest BCUT2D eigenvalue weighted by Gasteiger charge is -2.11. The summed E-state index contributed by atoms with van der Waals surface area (Å²) in [5.41, 5.74) is 1.91. The van der Waals surface area contributed by atoms with Gasteiger partial charge in [-0.25, -0.2) is 9.67 Å². The zero-order valence-corrected chi connectivity index (χ0v) is 16.9. The van der Waals surface area contributed by atoms with Gasteiger partial charge in [-0.3, -0.25) is 4.79 Å². The third kappa shape index (κ3) is 4.56. The third-order valence-corrected chi connectivity index (χ3v) is 5.15. The Morgan fingerprint density at radius 2 is 1.90 bits per heavy atom. The Kier molecular flexibility index (Phi) is 5.74. The number of benzene rings is 2. The molecule has 4 rings (SSSR count). The number of halogens is 2. The predicted octanol–water partition coefficient (Wildman–Crippen LogP) is 3.28. The number of thioether (sulfide) groups is 1. The largest absolute Gasteiger partial charge is 0.323 e. The van der Waals surface area contributed by atoms with E-state index in [0.29, 0.717) is 26.6 Å². The Hall–Kier alpha value is -2.95. The van der Waals surface area contributed by atoms with Crippen molar-refractivity contribution in [2.75, 3.05) is 11.1 Å². The SMILES string of the molecule is O=C(CSc1nnnn1-c1ccc(Cl)cc1)Nc1cc(Cl)ccc1-n1cncn1. The molecule has 12 heteroatoms. The summed E-state index contributed by atoms with van der Waals surface area (Å²) in [6.07, 6.45) is 2.94. The van der Waals surface area contributed by atoms with Crippen LogP contribution < -0.4 is 5.32 Å². The van der Waals surface area contributed by atoms with Crippen LogP contribution in [0.2, 0.25) is 10.0 Å². The molecule has 0 radical (unpaired) electrons. The lowest BCUT2D eigenvalue weighted by molar-refractivity contribution is -0.113. The van der Waals surface area contributed by atoms with Gasteiger partial charge in [0.05, 0.1) is 22.8 Å². The second-order valence-corrected chi connectivity index (χ2v) is 7.50. The number of nitrogens with one attached hydrogen (secondary N) is 1. The molecule has 2 heterocycles. The summed E-state index contributed by atoms with van der Waals surface area (Å²) >= 11 is 13.2. The summed E-state index contributed by atoms with van der Waals surface area (Å²) in [5, 5.41) is 20.1. The van der Waals surface area contributed by atoms with Crippen molar-refractivity contribution in [3.8, 4) is 11.4 Å². The molecule has 1 amide bonds. The van der Waals surface area contributed by atoms with Crippen LogP contribution in [0, 0.1) is 0 Å². The van der Waals surface area contributed by atoms with Crippen molar-refractivity contribution in [3.63, 3.8) is 0 Å². The maximum atomic E-state index is 12.5. The van der Waals surface area contributed by atoms with Crippen LogP contribution >= 0.6 is 35.0 Å². The van der Waals surface area contributed by atoms with E-state index in [2.05, 4.69) is 30.9 Å². The smallest absolute Gasteiger partial charge is 0.234 e. The van der Waals surface area contributed by atoms with E-state index in [-0.39, 0.29) is 11.7 Å². The Balaban J connectivity index is 1.47. The minimum absolute atomic E-state index is 0.0945. The van der Waals surface area contributed by atoms with Crippen LogP contribution in [0.15, 0.2) is 60.3 Å². The van der Waals surface area contributed by atoms with Crippen LogP contribution in [0.5, 0.6) is 0 Å². The quantitative estimate of drug-likeness (QED) is 0.453. The number of rotatable bonds is 6. The maximum Gasteiger partial charge on any atom is 0.234 e. The summed E-state index contributed by atoms with van der Waals surface area (Å²) in [4.78, 5) is 16.4. The number of nitrogens with zero attached hydrogens (tertiary/aromatic N) is 7. The normalized spacial score (nSPS) is 10.8. The molecular formula is C17H12Cl2N8OS. The molecule has 29 heavy (non-hydrogen) atoms. The fraction of sp³-hybridized carbons (Fsp3) is 0.0588. The van der Waals surface area contributed by atoms with Gasteiger partial charge in [0.25, 0.3) is 0 Å². The van der Waals surface area contributed by atoms with Crippen molar-refractivity contribution in [2.24, 2.45) is 0 Å². The lowest BCUT2D eigenvalue weighted by Crippen LogP contribution is -2.16. The molecular weight excluding hydrogens is 435 g/mol. The molecule has 2 aromatic heterocycles. The van der Waals surface area contributed by atoms with E-state index >= 15 is 0 Å². The molecule has 0 bridgehead atoms. The zero-order chi connectivity index (χ0) is 20.2. The Morgan fingerprint density at radius 3 is 2.66 bits per heavy atom. The van der Waals surface area contributed by atoms with Crippen LogP contribution in [0.4, 0.5) is 5.69 Å². The van der Waals surface area contributed by atoms with Crippen LogP contribution in [0.3, 0.4) is 0 Å². The number of anilines is 1. The molecule has 0 aliphatic rings. The minimum atomic E-state index is -0.246. The van der Waals surface area contributed by atoms with Crippen LogP contribution in [-0.2, 0) is 4.79 Å². The van der Waals surface area contributed by atoms with Crippen LogP contribution in [0.1, 0.15) is 0 Å². The number of hydrogen-bond acceptors (Lipinski definition) is 7. The Bertz CT molecular complexity index is 1130. The first-order valence-corrected chi connectivity index (χ1v) is 9.96. The average molecular weight is 447 g/mol. The second kappa shape index (κ2) is 8.60. The van der Waals surface area contributed by atoms with Gasteiger partial charge in [-0.15, -0.1) is 5.10 Å². The highest BCUT2D eigenvalue weighted by Crippen LogP contribution is 2.25. The number of aromatic nitrogens is 7. The van der Waals surface area contributed by atoms with E-state index in [1.54, 1.807) is 47.1 Å². The molecule has 0 aliphatic carbocycles. The fourth-order valence-electron chi connectivity index (χ4n) is 2.47. The van der Waals surface area contributed by atoms with Crippen LogP contribution in [0.25, 0.3) is 11.4 Å². The van der Waals surface area contributed by atoms with Crippen molar-refractivity contribution >= 4 is 46.6 Å². The molecule has 9 nitrogen and oxygen atoms in total. The van der Waals surface area contributed by atoms with Gasteiger partial charge in [-0.2, -0.15) is 9.78 Å². The highest BCUT2D eigenvalue weighted by Gasteiger charge is 2.14. The zero-order valence-electron chi connectivity index (χ0n) is 14.6. The number of amides is 1. The van der Waals surface area contributed by atoms with Crippen LogP contribution in [-0.4, -0.2) is 46.6 Å². The first-order valence-electron chi connectivity index (χ1n) is 8.22. The summed E-state index contributed by atoms with van der Waals surface area (Å²) in [6.45, 7) is 0. The predicted molar refractivity (Wildman–Crippen MR) is 110 cm³/mol. The Labute approximate surface area is 179 Å². The van der Waals surface area contributed by atoms with E-state index in [1.165, 1.54) is 29.1 Å². The number of carbonyl (C=O) groups excluding carboxylic acids is 1. The maximum absolute atomic E-state index is 12.5. The van der Waals surface area contributed by atoms with E-state index in [9.17, 15) is 4.79 Å². The van der Waals surface area contributed by atoms with Crippen molar-refractivity contribution in [2.45, 2.75) is 5.16 Å². The van der Waals surface area contributed by atoms with Gasteiger partial charge < -0.3 is 5.32 Å². The lowest BCUT2D eigenvalue weighted by atomic mass is 10.2. The summed E-state index contributed by atoms with van der Waals surface area (Å²) in [6, 6.07) is 12.2. The van der Waals surface area contributed by atoms with Gasteiger partial charge in [0.2, 0.25) is 11.1 Å². The molecule has 4 aromatic rings. The monoisotopic (exact) mass is 446 g/mol. The van der Waals surface area contributed by atoms with E-state index < -0.39 is 0 Å². The topological polar surface area (TPSA) is 103 Å². The first kappa shape index (κ1) is 19.4. The number of tetrazole rings is 1. The van der Waals surface area contributed by atoms with Gasteiger partial charge in [-0.1, -0.05) is 35.0 Å². The molecule has 1 N–H and O–H groups in total. The Morgan fingerprint density at radius 1 is 1.10 bits per heavy atom. The van der Waals surface area contributed by atoms with Gasteiger partial charge in [0.15, 0.2) is 0 Å². The van der Waals surface area contributed by atoms with E-state index in [0.717, 1.165) is 5.69 Å². The summed E-state index contributed by atoms with van der Waals surface area (Å²) in [7, 11) is 0.